The zero-order valence-electron chi connectivity index (χ0n) is 13.9. The molecule has 1 saturated heterocycles. The average molecular weight is 462 g/mol. The van der Waals surface area contributed by atoms with E-state index in [0.29, 0.717) is 23.6 Å². The Balaban J connectivity index is 1.99. The van der Waals surface area contributed by atoms with Gasteiger partial charge in [-0.05, 0) is 65.4 Å². The molecular formula is C19H15IN2O4. The number of nitrogens with zero attached hydrogens (tertiary/aromatic N) is 1. The monoisotopic (exact) mass is 462 g/mol. The third-order valence-corrected chi connectivity index (χ3v) is 4.32. The summed E-state index contributed by atoms with van der Waals surface area (Å²) in [6.45, 7) is 2.30. The number of halogens is 1. The fraction of sp³-hybridized carbons (Fsp3) is 0.105. The Hall–Kier alpha value is -2.68. The van der Waals surface area contributed by atoms with Gasteiger partial charge in [0.15, 0.2) is 0 Å². The SMILES string of the molecule is CCOc1cccc(N2C(=O)NC(=O)C(=Cc3cccc(I)c3)C2=O)c1. The minimum atomic E-state index is -0.784. The van der Waals surface area contributed by atoms with Crippen LogP contribution in [0.5, 0.6) is 5.75 Å². The van der Waals surface area contributed by atoms with Crippen LogP contribution in [0.3, 0.4) is 0 Å². The Labute approximate surface area is 164 Å². The molecule has 0 radical (unpaired) electrons. The lowest BCUT2D eigenvalue weighted by Gasteiger charge is -2.26. The number of urea groups is 1. The number of hydrogen-bond donors (Lipinski definition) is 1. The number of barbiturate groups is 1. The van der Waals surface area contributed by atoms with Gasteiger partial charge in [0.25, 0.3) is 11.8 Å². The number of imide groups is 2. The molecule has 0 saturated carbocycles. The van der Waals surface area contributed by atoms with Crippen molar-refractivity contribution in [2.45, 2.75) is 6.92 Å². The van der Waals surface area contributed by atoms with Crippen LogP contribution in [-0.2, 0) is 9.59 Å². The van der Waals surface area contributed by atoms with Gasteiger partial charge in [0, 0.05) is 9.64 Å². The van der Waals surface area contributed by atoms with Crippen LogP contribution in [0.25, 0.3) is 6.08 Å². The largest absolute Gasteiger partial charge is 0.494 e. The van der Waals surface area contributed by atoms with Crippen molar-refractivity contribution in [2.75, 3.05) is 11.5 Å². The van der Waals surface area contributed by atoms with Gasteiger partial charge in [-0.1, -0.05) is 18.2 Å². The molecule has 132 valence electrons. The molecule has 2 aromatic rings. The first-order chi connectivity index (χ1) is 12.5. The second-order valence-corrected chi connectivity index (χ2v) is 6.69. The number of carbonyl (C=O) groups excluding carboxylic acids is 3. The molecule has 0 aliphatic carbocycles. The molecule has 2 aromatic carbocycles. The molecule has 1 aliphatic rings. The zero-order valence-corrected chi connectivity index (χ0v) is 16.0. The van der Waals surface area contributed by atoms with Crippen LogP contribution in [0.2, 0.25) is 0 Å². The fourth-order valence-corrected chi connectivity index (χ4v) is 3.10. The molecule has 1 N–H and O–H groups in total. The summed E-state index contributed by atoms with van der Waals surface area (Å²) in [6, 6.07) is 13.2. The number of nitrogens with one attached hydrogen (secondary N) is 1. The summed E-state index contributed by atoms with van der Waals surface area (Å²) in [5.41, 5.74) is 0.931. The molecule has 0 spiro atoms. The van der Waals surface area contributed by atoms with E-state index in [-0.39, 0.29) is 5.57 Å². The van der Waals surface area contributed by atoms with Gasteiger partial charge in [0.05, 0.1) is 12.3 Å². The fourth-order valence-electron chi connectivity index (χ4n) is 2.53. The van der Waals surface area contributed by atoms with Crippen molar-refractivity contribution in [2.24, 2.45) is 0 Å². The van der Waals surface area contributed by atoms with Crippen LogP contribution >= 0.6 is 22.6 Å². The normalized spacial score (nSPS) is 16.0. The first-order valence-electron chi connectivity index (χ1n) is 7.89. The lowest BCUT2D eigenvalue weighted by Crippen LogP contribution is -2.54. The van der Waals surface area contributed by atoms with Crippen LogP contribution < -0.4 is 15.0 Å². The Kier molecular flexibility index (Phi) is 5.36. The van der Waals surface area contributed by atoms with E-state index >= 15 is 0 Å². The van der Waals surface area contributed by atoms with Crippen molar-refractivity contribution in [3.8, 4) is 5.75 Å². The van der Waals surface area contributed by atoms with Crippen molar-refractivity contribution in [3.63, 3.8) is 0 Å². The van der Waals surface area contributed by atoms with Crippen LogP contribution in [0.1, 0.15) is 12.5 Å². The first-order valence-corrected chi connectivity index (χ1v) is 8.97. The summed E-state index contributed by atoms with van der Waals surface area (Å²) in [4.78, 5) is 38.2. The van der Waals surface area contributed by atoms with Crippen LogP contribution in [0.15, 0.2) is 54.1 Å². The van der Waals surface area contributed by atoms with E-state index in [0.717, 1.165) is 8.47 Å². The maximum absolute atomic E-state index is 12.8. The quantitative estimate of drug-likeness (QED) is 0.430. The first kappa shape index (κ1) is 18.1. The number of hydrogen-bond acceptors (Lipinski definition) is 4. The number of amides is 4. The number of benzene rings is 2. The van der Waals surface area contributed by atoms with E-state index in [2.05, 4.69) is 27.9 Å². The standard InChI is InChI=1S/C19H15IN2O4/c1-2-26-15-8-4-7-14(11-15)22-18(24)16(17(23)21-19(22)25)10-12-5-3-6-13(20)9-12/h3-11H,2H2,1H3,(H,21,23,25). The highest BCUT2D eigenvalue weighted by Crippen LogP contribution is 2.25. The van der Waals surface area contributed by atoms with Crippen molar-refractivity contribution >= 4 is 52.2 Å². The van der Waals surface area contributed by atoms with Gasteiger partial charge >= 0.3 is 6.03 Å². The molecule has 0 bridgehead atoms. The number of ether oxygens (including phenoxy) is 1. The van der Waals surface area contributed by atoms with E-state index in [1.807, 2.05) is 25.1 Å². The zero-order chi connectivity index (χ0) is 18.7. The Morgan fingerprint density at radius 2 is 1.88 bits per heavy atom. The van der Waals surface area contributed by atoms with Gasteiger partial charge in [-0.3, -0.25) is 14.9 Å². The molecule has 26 heavy (non-hydrogen) atoms. The minimum Gasteiger partial charge on any atom is -0.494 e. The minimum absolute atomic E-state index is 0.103. The topological polar surface area (TPSA) is 75.7 Å². The van der Waals surface area contributed by atoms with Gasteiger partial charge in [0.2, 0.25) is 0 Å². The van der Waals surface area contributed by atoms with E-state index in [1.54, 1.807) is 30.3 Å². The highest BCUT2D eigenvalue weighted by Gasteiger charge is 2.36. The summed E-state index contributed by atoms with van der Waals surface area (Å²) in [5, 5.41) is 2.21. The highest BCUT2D eigenvalue weighted by molar-refractivity contribution is 14.1. The molecule has 1 fully saturated rings. The van der Waals surface area contributed by atoms with E-state index in [9.17, 15) is 14.4 Å². The van der Waals surface area contributed by atoms with E-state index in [4.69, 9.17) is 4.74 Å². The molecule has 4 amide bonds. The number of rotatable bonds is 4. The molecule has 0 unspecified atom stereocenters. The molecule has 0 atom stereocenters. The average Bonchev–Trinajstić information content (AvgIpc) is 2.59. The van der Waals surface area contributed by atoms with Gasteiger partial charge in [-0.25, -0.2) is 9.69 Å². The van der Waals surface area contributed by atoms with Gasteiger partial charge in [0.1, 0.15) is 11.3 Å². The molecule has 1 heterocycles. The van der Waals surface area contributed by atoms with Gasteiger partial charge in [-0.2, -0.15) is 0 Å². The predicted octanol–water partition coefficient (Wildman–Crippen LogP) is 3.36. The lowest BCUT2D eigenvalue weighted by atomic mass is 10.1. The molecule has 0 aromatic heterocycles. The summed E-state index contributed by atoms with van der Waals surface area (Å²) in [6.07, 6.45) is 1.48. The van der Waals surface area contributed by atoms with Crippen LogP contribution in [-0.4, -0.2) is 24.5 Å². The summed E-state index contributed by atoms with van der Waals surface area (Å²) >= 11 is 2.15. The Morgan fingerprint density at radius 3 is 2.62 bits per heavy atom. The highest BCUT2D eigenvalue weighted by atomic mass is 127. The smallest absolute Gasteiger partial charge is 0.335 e. The molecule has 1 aliphatic heterocycles. The second kappa shape index (κ2) is 7.69. The van der Waals surface area contributed by atoms with Gasteiger partial charge in [-0.15, -0.1) is 0 Å². The maximum atomic E-state index is 12.8. The molecular weight excluding hydrogens is 447 g/mol. The van der Waals surface area contributed by atoms with E-state index < -0.39 is 17.8 Å². The van der Waals surface area contributed by atoms with Gasteiger partial charge < -0.3 is 4.74 Å². The molecule has 3 rings (SSSR count). The summed E-state index contributed by atoms with van der Waals surface area (Å²) in [5.74, 6) is -0.854. The van der Waals surface area contributed by atoms with E-state index in [1.165, 1.54) is 6.08 Å². The summed E-state index contributed by atoms with van der Waals surface area (Å²) in [7, 11) is 0. The van der Waals surface area contributed by atoms with Crippen molar-refractivity contribution in [3.05, 3.63) is 63.2 Å². The third-order valence-electron chi connectivity index (χ3n) is 3.65. The molecule has 7 heteroatoms. The Bertz CT molecular complexity index is 923. The predicted molar refractivity (Wildman–Crippen MR) is 106 cm³/mol. The van der Waals surface area contributed by atoms with Crippen molar-refractivity contribution in [1.82, 2.24) is 5.32 Å². The third kappa shape index (κ3) is 3.77. The van der Waals surface area contributed by atoms with Crippen molar-refractivity contribution < 1.29 is 19.1 Å². The number of anilines is 1. The second-order valence-electron chi connectivity index (χ2n) is 5.44. The Morgan fingerprint density at radius 1 is 1.12 bits per heavy atom. The maximum Gasteiger partial charge on any atom is 0.335 e. The lowest BCUT2D eigenvalue weighted by molar-refractivity contribution is -0.122. The van der Waals surface area contributed by atoms with Crippen LogP contribution in [0.4, 0.5) is 10.5 Å². The summed E-state index contributed by atoms with van der Waals surface area (Å²) < 4.78 is 6.38. The van der Waals surface area contributed by atoms with Crippen molar-refractivity contribution in [1.29, 1.82) is 0 Å². The van der Waals surface area contributed by atoms with Crippen LogP contribution in [0, 0.1) is 3.57 Å². The number of carbonyl (C=O) groups is 3. The molecule has 6 nitrogen and oxygen atoms in total.